The smallest absolute Gasteiger partial charge is 0.293 e. The maximum absolute atomic E-state index is 12.7. The maximum Gasteiger partial charge on any atom is 0.293 e. The Morgan fingerprint density at radius 2 is 1.87 bits per heavy atom. The Hall–Kier alpha value is -3.17. The van der Waals surface area contributed by atoms with E-state index in [9.17, 15) is 19.7 Å². The number of aryl methyl sites for hydroxylation is 1. The Labute approximate surface area is 190 Å². The van der Waals surface area contributed by atoms with Crippen molar-refractivity contribution < 1.29 is 18.9 Å². The summed E-state index contributed by atoms with van der Waals surface area (Å²) in [7, 11) is 0. The zero-order chi connectivity index (χ0) is 22.1. The molecule has 2 aromatic carbocycles. The van der Waals surface area contributed by atoms with Crippen molar-refractivity contribution in [3.63, 3.8) is 0 Å². The number of hydrogen-bond donors (Lipinski definition) is 0. The lowest BCUT2D eigenvalue weighted by atomic mass is 10.1. The molecule has 2 amide bonds. The summed E-state index contributed by atoms with van der Waals surface area (Å²) in [5.41, 5.74) is 2.27. The van der Waals surface area contributed by atoms with Crippen molar-refractivity contribution >= 4 is 50.6 Å². The number of nitro groups is 1. The van der Waals surface area contributed by atoms with Gasteiger partial charge in [0, 0.05) is 28.2 Å². The zero-order valence-electron chi connectivity index (χ0n) is 16.2. The molecule has 1 saturated heterocycles. The number of furan rings is 1. The van der Waals surface area contributed by atoms with Crippen LogP contribution in [0.5, 0.6) is 0 Å². The number of carbonyl (C=O) groups is 2. The van der Waals surface area contributed by atoms with Gasteiger partial charge >= 0.3 is 0 Å². The number of hydrogen-bond acceptors (Lipinski definition) is 6. The van der Waals surface area contributed by atoms with E-state index in [1.54, 1.807) is 25.1 Å². The van der Waals surface area contributed by atoms with Crippen molar-refractivity contribution in [1.82, 2.24) is 4.90 Å². The Balaban J connectivity index is 1.54. The highest BCUT2D eigenvalue weighted by Crippen LogP contribution is 2.35. The van der Waals surface area contributed by atoms with E-state index in [0.717, 1.165) is 21.8 Å². The fourth-order valence-corrected chi connectivity index (χ4v) is 4.23. The first kappa shape index (κ1) is 21.1. The van der Waals surface area contributed by atoms with E-state index < -0.39 is 4.92 Å². The van der Waals surface area contributed by atoms with E-state index in [2.05, 4.69) is 15.9 Å². The van der Waals surface area contributed by atoms with Gasteiger partial charge in [0.25, 0.3) is 16.8 Å². The van der Waals surface area contributed by atoms with Crippen molar-refractivity contribution in [3.8, 4) is 11.3 Å². The van der Waals surface area contributed by atoms with Gasteiger partial charge in [-0.3, -0.25) is 24.6 Å². The minimum atomic E-state index is -0.450. The van der Waals surface area contributed by atoms with E-state index in [1.165, 1.54) is 23.1 Å². The summed E-state index contributed by atoms with van der Waals surface area (Å²) in [5, 5.41) is 10.6. The van der Waals surface area contributed by atoms with Gasteiger partial charge in [0.05, 0.1) is 16.4 Å². The Morgan fingerprint density at radius 1 is 1.13 bits per heavy atom. The van der Waals surface area contributed by atoms with Gasteiger partial charge in [0.2, 0.25) is 0 Å². The lowest BCUT2D eigenvalue weighted by molar-refractivity contribution is -0.384. The number of benzene rings is 2. The van der Waals surface area contributed by atoms with Crippen molar-refractivity contribution in [2.45, 2.75) is 13.5 Å². The maximum atomic E-state index is 12.7. The number of carbonyl (C=O) groups excluding carboxylic acids is 2. The number of thioether (sulfide) groups is 1. The molecule has 9 heteroatoms. The summed E-state index contributed by atoms with van der Waals surface area (Å²) in [6.07, 6.45) is 1.54. The molecule has 2 heterocycles. The molecular weight excluding hydrogens is 484 g/mol. The lowest BCUT2D eigenvalue weighted by Gasteiger charge is -2.12. The van der Waals surface area contributed by atoms with E-state index in [4.69, 9.17) is 4.42 Å². The quantitative estimate of drug-likeness (QED) is 0.237. The Morgan fingerprint density at radius 3 is 2.55 bits per heavy atom. The molecule has 0 bridgehead atoms. The second-order valence-corrected chi connectivity index (χ2v) is 8.76. The standard InChI is InChI=1S/C22H15BrN2O5S/c1-13-10-16(25(28)29)6-8-18(13)19-9-7-17(30-19)11-20-21(26)24(22(27)31-20)12-14-2-4-15(23)5-3-14/h2-11H,12H2,1H3/b20-11-. The molecule has 0 aliphatic carbocycles. The van der Waals surface area contributed by atoms with Crippen molar-refractivity contribution in [1.29, 1.82) is 0 Å². The van der Waals surface area contributed by atoms with Gasteiger partial charge in [-0.25, -0.2) is 0 Å². The van der Waals surface area contributed by atoms with E-state index >= 15 is 0 Å². The molecule has 31 heavy (non-hydrogen) atoms. The highest BCUT2D eigenvalue weighted by molar-refractivity contribution is 9.10. The van der Waals surface area contributed by atoms with Gasteiger partial charge < -0.3 is 4.42 Å². The Kier molecular flexibility index (Phi) is 5.79. The molecule has 156 valence electrons. The first-order chi connectivity index (χ1) is 14.8. The van der Waals surface area contributed by atoms with Gasteiger partial charge in [-0.15, -0.1) is 0 Å². The molecule has 0 N–H and O–H groups in total. The predicted molar refractivity (Wildman–Crippen MR) is 121 cm³/mol. The summed E-state index contributed by atoms with van der Waals surface area (Å²) < 4.78 is 6.73. The highest BCUT2D eigenvalue weighted by Gasteiger charge is 2.35. The monoisotopic (exact) mass is 498 g/mol. The molecular formula is C22H15BrN2O5S. The van der Waals surface area contributed by atoms with Gasteiger partial charge in [0.1, 0.15) is 11.5 Å². The normalized spacial score (nSPS) is 15.2. The largest absolute Gasteiger partial charge is 0.457 e. The van der Waals surface area contributed by atoms with Crippen molar-refractivity contribution in [3.05, 3.63) is 91.0 Å². The second-order valence-electron chi connectivity index (χ2n) is 6.85. The molecule has 1 aliphatic rings. The first-order valence-electron chi connectivity index (χ1n) is 9.17. The highest BCUT2D eigenvalue weighted by atomic mass is 79.9. The number of nitrogens with zero attached hydrogens (tertiary/aromatic N) is 2. The number of halogens is 1. The van der Waals surface area contributed by atoms with Crippen LogP contribution in [0.4, 0.5) is 10.5 Å². The summed E-state index contributed by atoms with van der Waals surface area (Å²) in [4.78, 5) is 37.0. The minimum Gasteiger partial charge on any atom is -0.457 e. The first-order valence-corrected chi connectivity index (χ1v) is 10.8. The van der Waals surface area contributed by atoms with Crippen LogP contribution in [-0.2, 0) is 11.3 Å². The second kappa shape index (κ2) is 8.52. The van der Waals surface area contributed by atoms with Crippen LogP contribution in [0.15, 0.2) is 68.4 Å². The number of imide groups is 1. The number of amides is 2. The SMILES string of the molecule is Cc1cc([N+](=O)[O-])ccc1-c1ccc(/C=C2\SC(=O)N(Cc3ccc(Br)cc3)C2=O)o1. The average molecular weight is 499 g/mol. The van der Waals surface area contributed by atoms with Crippen LogP contribution in [0.2, 0.25) is 0 Å². The molecule has 7 nitrogen and oxygen atoms in total. The molecule has 0 saturated carbocycles. The molecule has 0 atom stereocenters. The third-order valence-corrected chi connectivity index (χ3v) is 6.15. The summed E-state index contributed by atoms with van der Waals surface area (Å²) in [6.45, 7) is 1.96. The van der Waals surface area contributed by atoms with Crippen LogP contribution >= 0.6 is 27.7 Å². The third kappa shape index (κ3) is 4.47. The van der Waals surface area contributed by atoms with Crippen LogP contribution in [0.25, 0.3) is 17.4 Å². The predicted octanol–water partition coefficient (Wildman–Crippen LogP) is 6.16. The third-order valence-electron chi connectivity index (χ3n) is 4.71. The summed E-state index contributed by atoms with van der Waals surface area (Å²) in [5.74, 6) is 0.567. The fraction of sp³-hybridized carbons (Fsp3) is 0.0909. The molecule has 0 radical (unpaired) electrons. The van der Waals surface area contributed by atoms with E-state index in [-0.39, 0.29) is 28.3 Å². The van der Waals surface area contributed by atoms with Crippen molar-refractivity contribution in [2.75, 3.05) is 0 Å². The number of non-ortho nitro benzene ring substituents is 1. The molecule has 3 aromatic rings. The molecule has 0 unspecified atom stereocenters. The average Bonchev–Trinajstić information content (AvgIpc) is 3.29. The molecule has 4 rings (SSSR count). The molecule has 0 spiro atoms. The van der Waals surface area contributed by atoms with Crippen molar-refractivity contribution in [2.24, 2.45) is 0 Å². The minimum absolute atomic E-state index is 0.00692. The molecule has 1 aliphatic heterocycles. The Bertz CT molecular complexity index is 1230. The zero-order valence-corrected chi connectivity index (χ0v) is 18.6. The van der Waals surface area contributed by atoms with Gasteiger partial charge in [-0.05, 0) is 60.1 Å². The fourth-order valence-electron chi connectivity index (χ4n) is 3.15. The van der Waals surface area contributed by atoms with E-state index in [1.807, 2.05) is 24.3 Å². The van der Waals surface area contributed by atoms with Crippen LogP contribution in [0.3, 0.4) is 0 Å². The molecule has 1 fully saturated rings. The van der Waals surface area contributed by atoms with Gasteiger partial charge in [-0.1, -0.05) is 28.1 Å². The van der Waals surface area contributed by atoms with Crippen LogP contribution in [0, 0.1) is 17.0 Å². The van der Waals surface area contributed by atoms with Crippen LogP contribution in [0.1, 0.15) is 16.9 Å². The molecule has 1 aromatic heterocycles. The van der Waals surface area contributed by atoms with E-state index in [0.29, 0.717) is 22.6 Å². The number of nitro benzene ring substituents is 1. The van der Waals surface area contributed by atoms with Gasteiger partial charge in [0.15, 0.2) is 0 Å². The lowest BCUT2D eigenvalue weighted by Crippen LogP contribution is -2.27. The topological polar surface area (TPSA) is 93.7 Å². The van der Waals surface area contributed by atoms with Crippen LogP contribution < -0.4 is 0 Å². The van der Waals surface area contributed by atoms with Crippen LogP contribution in [-0.4, -0.2) is 21.0 Å². The summed E-state index contributed by atoms with van der Waals surface area (Å²) >= 11 is 4.23. The summed E-state index contributed by atoms with van der Waals surface area (Å²) in [6, 6.07) is 15.4. The number of rotatable bonds is 5. The van der Waals surface area contributed by atoms with Gasteiger partial charge in [-0.2, -0.15) is 0 Å².